The highest BCUT2D eigenvalue weighted by Gasteiger charge is 2.22. The molecule has 0 spiro atoms. The summed E-state index contributed by atoms with van der Waals surface area (Å²) >= 11 is 3.35. The van der Waals surface area contributed by atoms with Gasteiger partial charge in [-0.25, -0.2) is 9.31 Å². The highest BCUT2D eigenvalue weighted by atomic mass is 79.9. The lowest BCUT2D eigenvalue weighted by Gasteiger charge is -2.03. The van der Waals surface area contributed by atoms with Gasteiger partial charge in [-0.05, 0) is 56.3 Å². The van der Waals surface area contributed by atoms with Crippen LogP contribution in [0.5, 0.6) is 0 Å². The molecular formula is C18H15BrN2O3. The van der Waals surface area contributed by atoms with Gasteiger partial charge in [0.15, 0.2) is 0 Å². The number of benzene rings is 1. The highest BCUT2D eigenvalue weighted by Crippen LogP contribution is 2.21. The number of carbonyl (C=O) groups excluding carboxylic acids is 2. The van der Waals surface area contributed by atoms with Crippen molar-refractivity contribution in [1.82, 2.24) is 9.61 Å². The molecular weight excluding hydrogens is 372 g/mol. The molecule has 6 heteroatoms. The third-order valence-corrected chi connectivity index (χ3v) is 4.12. The second-order valence-electron chi connectivity index (χ2n) is 5.27. The molecule has 0 saturated heterocycles. The number of aryl methyl sites for hydroxylation is 1. The predicted octanol–water partition coefficient (Wildman–Crippen LogP) is 3.81. The van der Waals surface area contributed by atoms with Gasteiger partial charge in [-0.1, -0.05) is 15.9 Å². The van der Waals surface area contributed by atoms with E-state index in [1.54, 1.807) is 49.4 Å². The van der Waals surface area contributed by atoms with Crippen LogP contribution in [-0.2, 0) is 4.74 Å². The molecule has 0 aliphatic carbocycles. The summed E-state index contributed by atoms with van der Waals surface area (Å²) in [6.07, 6.45) is 0. The molecule has 0 unspecified atom stereocenters. The van der Waals surface area contributed by atoms with Crippen LogP contribution in [0, 0.1) is 6.92 Å². The Morgan fingerprint density at radius 1 is 1.17 bits per heavy atom. The Bertz CT molecular complexity index is 929. The number of esters is 1. The van der Waals surface area contributed by atoms with Crippen molar-refractivity contribution < 1.29 is 14.3 Å². The molecule has 5 nitrogen and oxygen atoms in total. The van der Waals surface area contributed by atoms with Crippen molar-refractivity contribution in [2.75, 3.05) is 6.61 Å². The lowest BCUT2D eigenvalue weighted by atomic mass is 10.1. The maximum absolute atomic E-state index is 12.8. The smallest absolute Gasteiger partial charge is 0.340 e. The molecule has 2 aromatic heterocycles. The van der Waals surface area contributed by atoms with Crippen LogP contribution >= 0.6 is 15.9 Å². The number of halogens is 1. The number of ketones is 1. The molecule has 0 bridgehead atoms. The van der Waals surface area contributed by atoms with Gasteiger partial charge in [0.05, 0.1) is 23.4 Å². The first-order valence-electron chi connectivity index (χ1n) is 7.48. The Kier molecular flexibility index (Phi) is 4.49. The van der Waals surface area contributed by atoms with Crippen molar-refractivity contribution in [1.29, 1.82) is 0 Å². The van der Waals surface area contributed by atoms with E-state index < -0.39 is 5.97 Å². The molecule has 0 radical (unpaired) electrons. The number of fused-ring (bicyclic) bond motifs is 1. The fourth-order valence-corrected chi connectivity index (χ4v) is 2.72. The minimum atomic E-state index is -0.462. The molecule has 0 saturated carbocycles. The molecule has 0 amide bonds. The first kappa shape index (κ1) is 16.4. The van der Waals surface area contributed by atoms with Crippen LogP contribution in [0.2, 0.25) is 0 Å². The second kappa shape index (κ2) is 6.57. The van der Waals surface area contributed by atoms with Crippen LogP contribution in [0.4, 0.5) is 0 Å². The Morgan fingerprint density at radius 2 is 1.88 bits per heavy atom. The van der Waals surface area contributed by atoms with Gasteiger partial charge in [-0.3, -0.25) is 4.79 Å². The van der Waals surface area contributed by atoms with Crippen LogP contribution in [0.3, 0.4) is 0 Å². The molecule has 3 rings (SSSR count). The molecule has 0 aliphatic rings. The first-order valence-corrected chi connectivity index (χ1v) is 8.27. The van der Waals surface area contributed by atoms with Gasteiger partial charge >= 0.3 is 5.97 Å². The molecule has 0 aliphatic heterocycles. The standard InChI is InChI=1S/C18H15BrN2O3/c1-3-24-18(23)14-10-16(21-15(14)9-4-11(2)20-21)17(22)12-5-7-13(19)8-6-12/h4-10H,3H2,1-2H3. The molecule has 0 fully saturated rings. The minimum absolute atomic E-state index is 0.203. The largest absolute Gasteiger partial charge is 0.462 e. The van der Waals surface area contributed by atoms with E-state index >= 15 is 0 Å². The zero-order chi connectivity index (χ0) is 17.3. The van der Waals surface area contributed by atoms with Gasteiger partial charge in [-0.15, -0.1) is 0 Å². The van der Waals surface area contributed by atoms with E-state index in [1.165, 1.54) is 4.52 Å². The van der Waals surface area contributed by atoms with Crippen molar-refractivity contribution in [3.05, 3.63) is 69.5 Å². The summed E-state index contributed by atoms with van der Waals surface area (Å²) in [6, 6.07) is 12.2. The zero-order valence-electron chi connectivity index (χ0n) is 13.2. The highest BCUT2D eigenvalue weighted by molar-refractivity contribution is 9.10. The lowest BCUT2D eigenvalue weighted by Crippen LogP contribution is -2.07. The maximum atomic E-state index is 12.8. The van der Waals surface area contributed by atoms with Crippen LogP contribution < -0.4 is 0 Å². The van der Waals surface area contributed by atoms with E-state index in [2.05, 4.69) is 21.0 Å². The fraction of sp³-hybridized carbons (Fsp3) is 0.167. The van der Waals surface area contributed by atoms with E-state index in [0.717, 1.165) is 10.2 Å². The summed E-state index contributed by atoms with van der Waals surface area (Å²) < 4.78 is 7.48. The van der Waals surface area contributed by atoms with Gasteiger partial charge in [0, 0.05) is 10.0 Å². The van der Waals surface area contributed by atoms with Crippen molar-refractivity contribution in [2.45, 2.75) is 13.8 Å². The number of carbonyl (C=O) groups is 2. The molecule has 0 atom stereocenters. The van der Waals surface area contributed by atoms with E-state index in [-0.39, 0.29) is 12.4 Å². The first-order chi connectivity index (χ1) is 11.5. The average Bonchev–Trinajstić information content (AvgIpc) is 2.94. The quantitative estimate of drug-likeness (QED) is 0.505. The van der Waals surface area contributed by atoms with Gasteiger partial charge < -0.3 is 4.74 Å². The van der Waals surface area contributed by atoms with Crippen molar-refractivity contribution in [2.24, 2.45) is 0 Å². The zero-order valence-corrected chi connectivity index (χ0v) is 14.8. The van der Waals surface area contributed by atoms with Gasteiger partial charge in [0.25, 0.3) is 0 Å². The van der Waals surface area contributed by atoms with Crippen LogP contribution in [0.25, 0.3) is 5.52 Å². The predicted molar refractivity (Wildman–Crippen MR) is 93.5 cm³/mol. The third kappa shape index (κ3) is 2.97. The third-order valence-electron chi connectivity index (χ3n) is 3.59. The van der Waals surface area contributed by atoms with Crippen molar-refractivity contribution in [3.8, 4) is 0 Å². The number of nitrogens with zero attached hydrogens (tertiary/aromatic N) is 2. The number of hydrogen-bond acceptors (Lipinski definition) is 4. The summed E-state index contributed by atoms with van der Waals surface area (Å²) in [5, 5.41) is 4.38. The topological polar surface area (TPSA) is 60.7 Å². The monoisotopic (exact) mass is 386 g/mol. The van der Waals surface area contributed by atoms with Crippen molar-refractivity contribution >= 4 is 33.2 Å². The molecule has 2 heterocycles. The summed E-state index contributed by atoms with van der Waals surface area (Å²) in [4.78, 5) is 25.0. The van der Waals surface area contributed by atoms with E-state index in [9.17, 15) is 9.59 Å². The number of aromatic nitrogens is 2. The molecule has 0 N–H and O–H groups in total. The van der Waals surface area contributed by atoms with Gasteiger partial charge in [0.1, 0.15) is 5.69 Å². The van der Waals surface area contributed by atoms with Crippen LogP contribution in [0.15, 0.2) is 46.9 Å². The van der Waals surface area contributed by atoms with Gasteiger partial charge in [0.2, 0.25) is 5.78 Å². The molecule has 3 aromatic rings. The Morgan fingerprint density at radius 3 is 2.54 bits per heavy atom. The van der Waals surface area contributed by atoms with Crippen molar-refractivity contribution in [3.63, 3.8) is 0 Å². The maximum Gasteiger partial charge on any atom is 0.340 e. The number of rotatable bonds is 4. The Balaban J connectivity index is 2.16. The summed E-state index contributed by atoms with van der Waals surface area (Å²) in [7, 11) is 0. The van der Waals surface area contributed by atoms with Crippen LogP contribution in [0.1, 0.15) is 39.0 Å². The fourth-order valence-electron chi connectivity index (χ4n) is 2.46. The van der Waals surface area contributed by atoms with Gasteiger partial charge in [-0.2, -0.15) is 5.10 Å². The summed E-state index contributed by atoms with van der Waals surface area (Å²) in [5.74, 6) is -0.665. The number of ether oxygens (including phenoxy) is 1. The van der Waals surface area contributed by atoms with E-state index in [0.29, 0.717) is 22.3 Å². The minimum Gasteiger partial charge on any atom is -0.462 e. The SMILES string of the molecule is CCOC(=O)c1cc(C(=O)c2ccc(Br)cc2)n2nc(C)ccc12. The molecule has 1 aromatic carbocycles. The molecule has 24 heavy (non-hydrogen) atoms. The Labute approximate surface area is 147 Å². The lowest BCUT2D eigenvalue weighted by molar-refractivity contribution is 0.0528. The number of hydrogen-bond donors (Lipinski definition) is 0. The second-order valence-corrected chi connectivity index (χ2v) is 6.19. The Hall–Kier alpha value is -2.47. The van der Waals surface area contributed by atoms with Crippen LogP contribution in [-0.4, -0.2) is 28.0 Å². The van der Waals surface area contributed by atoms with E-state index in [1.807, 2.05) is 6.92 Å². The summed E-state index contributed by atoms with van der Waals surface area (Å²) in [6.45, 7) is 3.84. The molecule has 122 valence electrons. The summed E-state index contributed by atoms with van der Waals surface area (Å²) in [5.41, 5.74) is 2.50. The average molecular weight is 387 g/mol. The normalized spacial score (nSPS) is 10.8. The van der Waals surface area contributed by atoms with E-state index in [4.69, 9.17) is 4.74 Å².